The van der Waals surface area contributed by atoms with Crippen LogP contribution in [0.5, 0.6) is 0 Å². The molecule has 0 unspecified atom stereocenters. The molecule has 0 aromatic heterocycles. The lowest BCUT2D eigenvalue weighted by Crippen LogP contribution is -2.31. The third kappa shape index (κ3) is 1.95. The van der Waals surface area contributed by atoms with Crippen LogP contribution in [0.1, 0.15) is 20.8 Å². The Morgan fingerprint density at radius 3 is 2.87 bits per heavy atom. The predicted octanol–water partition coefficient (Wildman–Crippen LogP) is 1.03. The standard InChI is InChI=1S/C11H17N3O/c1-11(2,3)9-4-10-13-8(6-15)5-14(10)7-12-9/h4,7-8,15H,5-6H2,1-3H3/t8-/m0/s1. The van der Waals surface area contributed by atoms with Crippen LogP contribution in [0, 0.1) is 5.41 Å². The van der Waals surface area contributed by atoms with Gasteiger partial charge in [-0.2, -0.15) is 0 Å². The number of hydrogen-bond donors (Lipinski definition) is 1. The van der Waals surface area contributed by atoms with Crippen molar-refractivity contribution in [3.05, 3.63) is 11.8 Å². The smallest absolute Gasteiger partial charge is 0.131 e. The quantitative estimate of drug-likeness (QED) is 0.698. The number of rotatable bonds is 1. The third-order valence-electron chi connectivity index (χ3n) is 2.60. The molecule has 82 valence electrons. The topological polar surface area (TPSA) is 48.2 Å². The molecule has 0 aromatic carbocycles. The van der Waals surface area contributed by atoms with Gasteiger partial charge in [0.1, 0.15) is 5.84 Å². The monoisotopic (exact) mass is 207 g/mol. The van der Waals surface area contributed by atoms with Crippen LogP contribution in [0.2, 0.25) is 0 Å². The van der Waals surface area contributed by atoms with Gasteiger partial charge in [0.2, 0.25) is 0 Å². The van der Waals surface area contributed by atoms with E-state index in [4.69, 9.17) is 5.11 Å². The SMILES string of the molecule is CC(C)(C)C1=CC2=N[C@H](CO)CN2C=N1. The highest BCUT2D eigenvalue weighted by Gasteiger charge is 2.27. The van der Waals surface area contributed by atoms with E-state index < -0.39 is 0 Å². The van der Waals surface area contributed by atoms with Gasteiger partial charge in [-0.3, -0.25) is 4.99 Å². The number of nitrogens with zero attached hydrogens (tertiary/aromatic N) is 3. The fourth-order valence-corrected chi connectivity index (χ4v) is 1.65. The summed E-state index contributed by atoms with van der Waals surface area (Å²) in [5.41, 5.74) is 1.08. The molecular weight excluding hydrogens is 190 g/mol. The first-order valence-electron chi connectivity index (χ1n) is 5.22. The zero-order valence-corrected chi connectivity index (χ0v) is 9.44. The summed E-state index contributed by atoms with van der Waals surface area (Å²) in [7, 11) is 0. The van der Waals surface area contributed by atoms with Crippen LogP contribution in [-0.4, -0.2) is 41.4 Å². The average molecular weight is 207 g/mol. The second kappa shape index (κ2) is 3.45. The minimum absolute atomic E-state index is 0.00187. The number of allylic oxidation sites excluding steroid dienone is 1. The number of aliphatic hydroxyl groups excluding tert-OH is 1. The fraction of sp³-hybridized carbons (Fsp3) is 0.636. The summed E-state index contributed by atoms with van der Waals surface area (Å²) in [6.45, 7) is 7.23. The molecule has 0 saturated heterocycles. The maximum absolute atomic E-state index is 9.04. The molecule has 2 aliphatic heterocycles. The molecule has 4 heteroatoms. The average Bonchev–Trinajstić information content (AvgIpc) is 2.57. The van der Waals surface area contributed by atoms with Crippen LogP contribution in [0.4, 0.5) is 0 Å². The van der Waals surface area contributed by atoms with Gasteiger partial charge in [0.25, 0.3) is 0 Å². The third-order valence-corrected chi connectivity index (χ3v) is 2.60. The van der Waals surface area contributed by atoms with Gasteiger partial charge in [-0.25, -0.2) is 4.99 Å². The summed E-state index contributed by atoms with van der Waals surface area (Å²) in [4.78, 5) is 10.8. The van der Waals surface area contributed by atoms with Crippen molar-refractivity contribution in [2.75, 3.05) is 13.2 Å². The van der Waals surface area contributed by atoms with Crippen molar-refractivity contribution in [3.8, 4) is 0 Å². The number of aliphatic hydroxyl groups is 1. The molecular formula is C11H17N3O. The van der Waals surface area contributed by atoms with Crippen molar-refractivity contribution in [1.29, 1.82) is 0 Å². The van der Waals surface area contributed by atoms with Crippen molar-refractivity contribution in [1.82, 2.24) is 4.90 Å². The normalized spacial score (nSPS) is 25.1. The molecule has 15 heavy (non-hydrogen) atoms. The van der Waals surface area contributed by atoms with Crippen molar-refractivity contribution >= 4 is 12.2 Å². The lowest BCUT2D eigenvalue weighted by atomic mass is 9.91. The molecule has 2 heterocycles. The first kappa shape index (κ1) is 10.4. The molecule has 0 fully saturated rings. The Kier molecular flexibility index (Phi) is 2.38. The van der Waals surface area contributed by atoms with Crippen molar-refractivity contribution in [2.45, 2.75) is 26.8 Å². The molecule has 0 spiro atoms. The molecule has 0 amide bonds. The lowest BCUT2D eigenvalue weighted by Gasteiger charge is -2.24. The van der Waals surface area contributed by atoms with Gasteiger partial charge in [0.15, 0.2) is 0 Å². The molecule has 0 radical (unpaired) electrons. The minimum Gasteiger partial charge on any atom is -0.394 e. The van der Waals surface area contributed by atoms with Gasteiger partial charge in [-0.05, 0) is 0 Å². The molecule has 0 aliphatic carbocycles. The van der Waals surface area contributed by atoms with E-state index in [0.717, 1.165) is 18.1 Å². The molecule has 2 rings (SSSR count). The number of aliphatic imine (C=N–C) groups is 2. The van der Waals surface area contributed by atoms with Gasteiger partial charge >= 0.3 is 0 Å². The van der Waals surface area contributed by atoms with Crippen LogP contribution in [-0.2, 0) is 0 Å². The maximum atomic E-state index is 9.04. The van der Waals surface area contributed by atoms with Crippen LogP contribution in [0.3, 0.4) is 0 Å². The molecule has 0 bridgehead atoms. The Morgan fingerprint density at radius 2 is 2.27 bits per heavy atom. The van der Waals surface area contributed by atoms with E-state index in [1.54, 1.807) is 0 Å². The highest BCUT2D eigenvalue weighted by molar-refractivity contribution is 6.03. The van der Waals surface area contributed by atoms with Gasteiger partial charge in [-0.15, -0.1) is 0 Å². The summed E-state index contributed by atoms with van der Waals surface area (Å²) in [6.07, 6.45) is 3.82. The van der Waals surface area contributed by atoms with Crippen LogP contribution >= 0.6 is 0 Å². The predicted molar refractivity (Wildman–Crippen MR) is 61.0 cm³/mol. The summed E-state index contributed by atoms with van der Waals surface area (Å²) in [6, 6.07) is 0.00187. The Hall–Kier alpha value is -1.16. The van der Waals surface area contributed by atoms with Crippen LogP contribution in [0.15, 0.2) is 21.8 Å². The molecule has 2 aliphatic rings. The van der Waals surface area contributed by atoms with E-state index in [0.29, 0.717) is 0 Å². The van der Waals surface area contributed by atoms with Crippen LogP contribution in [0.25, 0.3) is 0 Å². The van der Waals surface area contributed by atoms with E-state index in [-0.39, 0.29) is 18.1 Å². The van der Waals surface area contributed by atoms with E-state index in [1.807, 2.05) is 17.3 Å². The molecule has 0 saturated carbocycles. The first-order chi connectivity index (χ1) is 7.00. The summed E-state index contributed by atoms with van der Waals surface area (Å²) in [5, 5.41) is 9.04. The minimum atomic E-state index is 0.00187. The Morgan fingerprint density at radius 1 is 1.53 bits per heavy atom. The van der Waals surface area contributed by atoms with Gasteiger partial charge in [0, 0.05) is 11.5 Å². The van der Waals surface area contributed by atoms with Crippen molar-refractivity contribution < 1.29 is 5.11 Å². The molecule has 1 atom stereocenters. The highest BCUT2D eigenvalue weighted by Crippen LogP contribution is 2.28. The largest absolute Gasteiger partial charge is 0.394 e. The number of hydrogen-bond acceptors (Lipinski definition) is 4. The zero-order valence-electron chi connectivity index (χ0n) is 9.44. The van der Waals surface area contributed by atoms with Crippen LogP contribution < -0.4 is 0 Å². The number of fused-ring (bicyclic) bond motifs is 1. The highest BCUT2D eigenvalue weighted by atomic mass is 16.3. The fourth-order valence-electron chi connectivity index (χ4n) is 1.65. The second-order valence-electron chi connectivity index (χ2n) is 5.00. The first-order valence-corrected chi connectivity index (χ1v) is 5.22. The summed E-state index contributed by atoms with van der Waals surface area (Å²) >= 11 is 0. The lowest BCUT2D eigenvalue weighted by molar-refractivity contribution is 0.265. The second-order valence-corrected chi connectivity index (χ2v) is 5.00. The van der Waals surface area contributed by atoms with Gasteiger partial charge in [0.05, 0.1) is 31.2 Å². The molecule has 1 N–H and O–H groups in total. The zero-order chi connectivity index (χ0) is 11.1. The van der Waals surface area contributed by atoms with E-state index in [2.05, 4.69) is 30.8 Å². The van der Waals surface area contributed by atoms with Gasteiger partial charge < -0.3 is 10.0 Å². The van der Waals surface area contributed by atoms with Gasteiger partial charge in [-0.1, -0.05) is 20.8 Å². The Balaban J connectivity index is 2.25. The van der Waals surface area contributed by atoms with E-state index >= 15 is 0 Å². The molecule has 0 aromatic rings. The van der Waals surface area contributed by atoms with Crippen molar-refractivity contribution in [2.24, 2.45) is 15.4 Å². The Bertz CT molecular complexity index is 349. The number of amidine groups is 1. The Labute approximate surface area is 90.0 Å². The summed E-state index contributed by atoms with van der Waals surface area (Å²) < 4.78 is 0. The maximum Gasteiger partial charge on any atom is 0.131 e. The van der Waals surface area contributed by atoms with E-state index in [9.17, 15) is 0 Å². The summed E-state index contributed by atoms with van der Waals surface area (Å²) in [5.74, 6) is 0.925. The van der Waals surface area contributed by atoms with Crippen molar-refractivity contribution in [3.63, 3.8) is 0 Å². The van der Waals surface area contributed by atoms with E-state index in [1.165, 1.54) is 0 Å². The molecule has 4 nitrogen and oxygen atoms in total.